The van der Waals surface area contributed by atoms with E-state index in [-0.39, 0.29) is 0 Å². The van der Waals surface area contributed by atoms with Gasteiger partial charge >= 0.3 is 12.0 Å². The van der Waals surface area contributed by atoms with Crippen molar-refractivity contribution in [2.45, 2.75) is 13.3 Å². The van der Waals surface area contributed by atoms with Gasteiger partial charge in [0.15, 0.2) is 6.61 Å². The van der Waals surface area contributed by atoms with Crippen molar-refractivity contribution in [1.29, 1.82) is 0 Å². The molecule has 0 spiro atoms. The Morgan fingerprint density at radius 2 is 2.21 bits per heavy atom. The number of carboxylic acid groups (broad SMARTS) is 1. The zero-order valence-electron chi connectivity index (χ0n) is 10.6. The molecule has 0 aromatic heterocycles. The lowest BCUT2D eigenvalue weighted by Gasteiger charge is -2.32. The number of aliphatic carboxylic acids is 1. The Balaban J connectivity index is 2.07. The number of nitrogens with one attached hydrogen (secondary N) is 1. The minimum absolute atomic E-state index is 0.347. The van der Waals surface area contributed by atoms with Gasteiger partial charge in [-0.05, 0) is 24.0 Å². The third-order valence-corrected chi connectivity index (χ3v) is 2.95. The lowest BCUT2D eigenvalue weighted by Crippen LogP contribution is -2.45. The number of fused-ring (bicyclic) bond motifs is 1. The van der Waals surface area contributed by atoms with Crippen LogP contribution in [0, 0.1) is 5.92 Å². The van der Waals surface area contributed by atoms with E-state index in [9.17, 15) is 9.59 Å². The first-order valence-electron chi connectivity index (χ1n) is 6.07. The minimum atomic E-state index is -1.13. The zero-order chi connectivity index (χ0) is 13.8. The van der Waals surface area contributed by atoms with Gasteiger partial charge in [0, 0.05) is 12.2 Å². The molecule has 0 radical (unpaired) electrons. The van der Waals surface area contributed by atoms with E-state index in [0.717, 1.165) is 17.7 Å². The summed E-state index contributed by atoms with van der Waals surface area (Å²) in [6.45, 7) is 2.09. The summed E-state index contributed by atoms with van der Waals surface area (Å²) in [5.74, 6) is -0.784. The number of carboxylic acids is 1. The predicted octanol–water partition coefficient (Wildman–Crippen LogP) is 1.41. The molecule has 1 atom stereocenters. The van der Waals surface area contributed by atoms with Gasteiger partial charge in [-0.25, -0.2) is 15.1 Å². The smallest absolute Gasteiger partial charge is 0.345 e. The fraction of sp³-hybridized carbons (Fsp3) is 0.385. The number of hydroxylamine groups is 1. The summed E-state index contributed by atoms with van der Waals surface area (Å²) < 4.78 is 0. The van der Waals surface area contributed by atoms with E-state index in [1.165, 1.54) is 0 Å². The summed E-state index contributed by atoms with van der Waals surface area (Å²) in [5.41, 5.74) is 4.10. The monoisotopic (exact) mass is 264 g/mol. The summed E-state index contributed by atoms with van der Waals surface area (Å²) in [6, 6.07) is 7.22. The number of benzene rings is 1. The molecule has 2 amide bonds. The molecule has 1 aliphatic rings. The van der Waals surface area contributed by atoms with E-state index in [1.807, 2.05) is 24.3 Å². The minimum Gasteiger partial charge on any atom is -0.479 e. The Morgan fingerprint density at radius 1 is 1.47 bits per heavy atom. The van der Waals surface area contributed by atoms with Crippen LogP contribution in [0.1, 0.15) is 12.5 Å². The maximum atomic E-state index is 12.0. The number of rotatable bonds is 3. The summed E-state index contributed by atoms with van der Waals surface area (Å²) in [6.07, 6.45) is 0.927. The lowest BCUT2D eigenvalue weighted by atomic mass is 9.94. The Hall–Kier alpha value is -2.08. The van der Waals surface area contributed by atoms with Crippen molar-refractivity contribution in [3.8, 4) is 0 Å². The number of para-hydroxylation sites is 1. The molecule has 2 rings (SSSR count). The van der Waals surface area contributed by atoms with E-state index in [2.05, 4.69) is 17.2 Å². The molecular weight excluding hydrogens is 248 g/mol. The number of hydrogen-bond donors (Lipinski definition) is 2. The molecule has 6 heteroatoms. The number of anilines is 1. The average Bonchev–Trinajstić information content (AvgIpc) is 2.37. The fourth-order valence-electron chi connectivity index (χ4n) is 2.20. The molecule has 0 bridgehead atoms. The normalized spacial score (nSPS) is 17.7. The highest BCUT2D eigenvalue weighted by atomic mass is 16.7. The van der Waals surface area contributed by atoms with Crippen molar-refractivity contribution in [2.24, 2.45) is 5.92 Å². The summed E-state index contributed by atoms with van der Waals surface area (Å²) in [5, 5.41) is 8.45. The van der Waals surface area contributed by atoms with Crippen LogP contribution in [0.5, 0.6) is 0 Å². The molecular formula is C13H16N2O4. The van der Waals surface area contributed by atoms with Gasteiger partial charge in [0.2, 0.25) is 0 Å². The van der Waals surface area contributed by atoms with Crippen LogP contribution in [-0.2, 0) is 16.1 Å². The Labute approximate surface area is 110 Å². The van der Waals surface area contributed by atoms with Crippen molar-refractivity contribution in [2.75, 3.05) is 18.1 Å². The molecule has 0 saturated carbocycles. The summed E-state index contributed by atoms with van der Waals surface area (Å²) in [4.78, 5) is 28.5. The van der Waals surface area contributed by atoms with Crippen LogP contribution in [0.15, 0.2) is 24.3 Å². The molecule has 0 aliphatic carbocycles. The molecule has 102 valence electrons. The Kier molecular flexibility index (Phi) is 4.01. The zero-order valence-corrected chi connectivity index (χ0v) is 10.6. The second-order valence-corrected chi connectivity index (χ2v) is 4.64. The third kappa shape index (κ3) is 3.23. The molecule has 1 aromatic rings. The third-order valence-electron chi connectivity index (χ3n) is 2.95. The van der Waals surface area contributed by atoms with Gasteiger partial charge in [0.25, 0.3) is 0 Å². The van der Waals surface area contributed by atoms with Gasteiger partial charge in [-0.1, -0.05) is 25.1 Å². The Morgan fingerprint density at radius 3 is 2.95 bits per heavy atom. The maximum Gasteiger partial charge on any atom is 0.345 e. The van der Waals surface area contributed by atoms with Crippen LogP contribution in [0.25, 0.3) is 0 Å². The largest absolute Gasteiger partial charge is 0.479 e. The number of urea groups is 1. The van der Waals surface area contributed by atoms with Crippen LogP contribution < -0.4 is 10.4 Å². The van der Waals surface area contributed by atoms with Crippen molar-refractivity contribution < 1.29 is 19.5 Å². The molecule has 6 nitrogen and oxygen atoms in total. The van der Waals surface area contributed by atoms with Gasteiger partial charge in [-0.2, -0.15) is 0 Å². The van der Waals surface area contributed by atoms with Gasteiger partial charge < -0.3 is 5.11 Å². The van der Waals surface area contributed by atoms with Gasteiger partial charge in [-0.15, -0.1) is 0 Å². The lowest BCUT2D eigenvalue weighted by molar-refractivity contribution is -0.143. The second-order valence-electron chi connectivity index (χ2n) is 4.64. The maximum absolute atomic E-state index is 12.0. The SMILES string of the molecule is CC1Cc2ccccc2N(C(=O)NOCC(=O)O)C1. The molecule has 1 heterocycles. The molecule has 1 aromatic carbocycles. The van der Waals surface area contributed by atoms with Crippen LogP contribution in [0.3, 0.4) is 0 Å². The summed E-state index contributed by atoms with van der Waals surface area (Å²) >= 11 is 0. The topological polar surface area (TPSA) is 78.9 Å². The highest BCUT2D eigenvalue weighted by molar-refractivity contribution is 5.92. The highest BCUT2D eigenvalue weighted by Crippen LogP contribution is 2.29. The molecule has 0 saturated heterocycles. The number of carbonyl (C=O) groups is 2. The number of nitrogens with zero attached hydrogens (tertiary/aromatic N) is 1. The van der Waals surface area contributed by atoms with E-state index < -0.39 is 18.6 Å². The van der Waals surface area contributed by atoms with Crippen molar-refractivity contribution >= 4 is 17.7 Å². The first-order valence-corrected chi connectivity index (χ1v) is 6.07. The predicted molar refractivity (Wildman–Crippen MR) is 68.8 cm³/mol. The van der Waals surface area contributed by atoms with Gasteiger partial charge in [0.05, 0.1) is 0 Å². The van der Waals surface area contributed by atoms with E-state index >= 15 is 0 Å². The second kappa shape index (κ2) is 5.71. The highest BCUT2D eigenvalue weighted by Gasteiger charge is 2.26. The summed E-state index contributed by atoms with van der Waals surface area (Å²) in [7, 11) is 0. The van der Waals surface area contributed by atoms with Crippen LogP contribution in [-0.4, -0.2) is 30.3 Å². The van der Waals surface area contributed by atoms with E-state index in [0.29, 0.717) is 12.5 Å². The first-order chi connectivity index (χ1) is 9.08. The molecule has 2 N–H and O–H groups in total. The van der Waals surface area contributed by atoms with Gasteiger partial charge in [0.1, 0.15) is 0 Å². The van der Waals surface area contributed by atoms with Crippen molar-refractivity contribution in [3.63, 3.8) is 0 Å². The average molecular weight is 264 g/mol. The number of hydrogen-bond acceptors (Lipinski definition) is 3. The number of carbonyl (C=O) groups excluding carboxylic acids is 1. The van der Waals surface area contributed by atoms with E-state index in [1.54, 1.807) is 4.90 Å². The Bertz CT molecular complexity index is 489. The number of amides is 2. The van der Waals surface area contributed by atoms with Crippen LogP contribution in [0.4, 0.5) is 10.5 Å². The fourth-order valence-corrected chi connectivity index (χ4v) is 2.20. The van der Waals surface area contributed by atoms with Crippen molar-refractivity contribution in [3.05, 3.63) is 29.8 Å². The first kappa shape index (κ1) is 13.4. The molecule has 1 aliphatic heterocycles. The van der Waals surface area contributed by atoms with Gasteiger partial charge in [-0.3, -0.25) is 9.74 Å². The van der Waals surface area contributed by atoms with E-state index in [4.69, 9.17) is 5.11 Å². The quantitative estimate of drug-likeness (QED) is 0.809. The molecule has 0 fully saturated rings. The van der Waals surface area contributed by atoms with Crippen molar-refractivity contribution in [1.82, 2.24) is 5.48 Å². The molecule has 19 heavy (non-hydrogen) atoms. The van der Waals surface area contributed by atoms with Crippen LogP contribution >= 0.6 is 0 Å². The standard InChI is InChI=1S/C13H16N2O4/c1-9-6-10-4-2-3-5-11(10)15(7-9)13(18)14-19-8-12(16)17/h2-5,9H,6-8H2,1H3,(H,14,18)(H,16,17). The van der Waals surface area contributed by atoms with Crippen LogP contribution in [0.2, 0.25) is 0 Å². The molecule has 1 unspecified atom stereocenters.